The van der Waals surface area contributed by atoms with Crippen LogP contribution in [0, 0.1) is 0 Å². The Balaban J connectivity index is 2.63. The largest absolute Gasteiger partial charge is 0.296 e. The van der Waals surface area contributed by atoms with Gasteiger partial charge in [-0.05, 0) is 6.42 Å². The van der Waals surface area contributed by atoms with Gasteiger partial charge in [0.2, 0.25) is 0 Å². The third-order valence-corrected chi connectivity index (χ3v) is 2.67. The standard InChI is InChI=1S/C6H7Cl3O/c7-4-1-2-5(10)6(8,9)3-4/h4H,1-3H2. The Labute approximate surface area is 74.6 Å². The van der Waals surface area contributed by atoms with Crippen LogP contribution in [0.5, 0.6) is 0 Å². The van der Waals surface area contributed by atoms with Crippen LogP contribution in [0.1, 0.15) is 19.3 Å². The van der Waals surface area contributed by atoms with Crippen LogP contribution in [0.25, 0.3) is 0 Å². The van der Waals surface area contributed by atoms with Crippen molar-refractivity contribution < 1.29 is 4.79 Å². The molecule has 1 unspecified atom stereocenters. The molecule has 0 radical (unpaired) electrons. The molecule has 1 saturated carbocycles. The van der Waals surface area contributed by atoms with Crippen LogP contribution in [-0.2, 0) is 4.79 Å². The second-order valence-corrected chi connectivity index (χ2v) is 4.57. The fourth-order valence-corrected chi connectivity index (χ4v) is 2.02. The van der Waals surface area contributed by atoms with Gasteiger partial charge in [-0.15, -0.1) is 11.6 Å². The summed E-state index contributed by atoms with van der Waals surface area (Å²) in [6, 6.07) is 0. The second kappa shape index (κ2) is 2.88. The average Bonchev–Trinajstić information content (AvgIpc) is 1.78. The number of carbonyl (C=O) groups excluding carboxylic acids is 1. The predicted octanol–water partition coefficient (Wildman–Crippen LogP) is 2.52. The van der Waals surface area contributed by atoms with Gasteiger partial charge in [0.1, 0.15) is 0 Å². The molecule has 1 atom stereocenters. The van der Waals surface area contributed by atoms with Crippen LogP contribution in [0.3, 0.4) is 0 Å². The van der Waals surface area contributed by atoms with Gasteiger partial charge in [-0.3, -0.25) is 4.79 Å². The first kappa shape index (κ1) is 8.63. The van der Waals surface area contributed by atoms with E-state index in [9.17, 15) is 4.79 Å². The van der Waals surface area contributed by atoms with E-state index in [1.54, 1.807) is 0 Å². The Morgan fingerprint density at radius 3 is 2.50 bits per heavy atom. The van der Waals surface area contributed by atoms with Crippen molar-refractivity contribution in [3.63, 3.8) is 0 Å². The van der Waals surface area contributed by atoms with E-state index in [4.69, 9.17) is 34.8 Å². The zero-order valence-electron chi connectivity index (χ0n) is 5.24. The summed E-state index contributed by atoms with van der Waals surface area (Å²) >= 11 is 17.0. The van der Waals surface area contributed by atoms with Gasteiger partial charge in [0.15, 0.2) is 10.1 Å². The fourth-order valence-electron chi connectivity index (χ4n) is 0.965. The van der Waals surface area contributed by atoms with Crippen molar-refractivity contribution in [2.75, 3.05) is 0 Å². The minimum atomic E-state index is -1.22. The number of halogens is 3. The molecule has 0 spiro atoms. The van der Waals surface area contributed by atoms with Crippen LogP contribution < -0.4 is 0 Å². The molecular formula is C6H7Cl3O. The molecule has 0 aromatic heterocycles. The van der Waals surface area contributed by atoms with Gasteiger partial charge in [0.05, 0.1) is 0 Å². The summed E-state index contributed by atoms with van der Waals surface area (Å²) in [5.74, 6) is -0.104. The number of hydrogen-bond acceptors (Lipinski definition) is 1. The highest BCUT2D eigenvalue weighted by Gasteiger charge is 2.39. The predicted molar refractivity (Wildman–Crippen MR) is 42.9 cm³/mol. The topological polar surface area (TPSA) is 17.1 Å². The Morgan fingerprint density at radius 2 is 2.10 bits per heavy atom. The van der Waals surface area contributed by atoms with Crippen molar-refractivity contribution >= 4 is 40.6 Å². The highest BCUT2D eigenvalue weighted by atomic mass is 35.5. The molecule has 58 valence electrons. The van der Waals surface area contributed by atoms with E-state index >= 15 is 0 Å². The maximum atomic E-state index is 10.9. The SMILES string of the molecule is O=C1CCC(Cl)CC1(Cl)Cl. The minimum absolute atomic E-state index is 0.0484. The first-order valence-electron chi connectivity index (χ1n) is 3.07. The van der Waals surface area contributed by atoms with Crippen LogP contribution in [-0.4, -0.2) is 15.5 Å². The zero-order chi connectivity index (χ0) is 7.78. The molecule has 0 aromatic rings. The van der Waals surface area contributed by atoms with Gasteiger partial charge in [0.25, 0.3) is 0 Å². The van der Waals surface area contributed by atoms with Gasteiger partial charge in [-0.25, -0.2) is 0 Å². The number of hydrogen-bond donors (Lipinski definition) is 0. The molecule has 0 N–H and O–H groups in total. The summed E-state index contributed by atoms with van der Waals surface area (Å²) in [7, 11) is 0. The van der Waals surface area contributed by atoms with E-state index in [-0.39, 0.29) is 11.2 Å². The van der Waals surface area contributed by atoms with Crippen LogP contribution in [0.15, 0.2) is 0 Å². The third kappa shape index (κ3) is 1.77. The van der Waals surface area contributed by atoms with E-state index < -0.39 is 4.33 Å². The number of Topliss-reactive ketones (excluding diaryl/α,β-unsaturated/α-hetero) is 1. The fraction of sp³-hybridized carbons (Fsp3) is 0.833. The first-order valence-corrected chi connectivity index (χ1v) is 4.27. The van der Waals surface area contributed by atoms with Gasteiger partial charge >= 0.3 is 0 Å². The average molecular weight is 201 g/mol. The molecule has 1 nitrogen and oxygen atoms in total. The van der Waals surface area contributed by atoms with Gasteiger partial charge < -0.3 is 0 Å². The van der Waals surface area contributed by atoms with E-state index in [1.807, 2.05) is 0 Å². The lowest BCUT2D eigenvalue weighted by molar-refractivity contribution is -0.120. The van der Waals surface area contributed by atoms with Crippen molar-refractivity contribution in [3.8, 4) is 0 Å². The van der Waals surface area contributed by atoms with Gasteiger partial charge in [-0.1, -0.05) is 23.2 Å². The maximum Gasteiger partial charge on any atom is 0.177 e. The second-order valence-electron chi connectivity index (χ2n) is 2.47. The first-order chi connectivity index (χ1) is 4.52. The maximum absolute atomic E-state index is 10.9. The van der Waals surface area contributed by atoms with Crippen molar-refractivity contribution in [2.24, 2.45) is 0 Å². The highest BCUT2D eigenvalue weighted by Crippen LogP contribution is 2.36. The molecule has 1 aliphatic rings. The minimum Gasteiger partial charge on any atom is -0.296 e. The normalized spacial score (nSPS) is 32.3. The quantitative estimate of drug-likeness (QED) is 0.551. The molecular weight excluding hydrogens is 194 g/mol. The molecule has 0 bridgehead atoms. The van der Waals surface area contributed by atoms with Gasteiger partial charge in [-0.2, -0.15) is 0 Å². The monoisotopic (exact) mass is 200 g/mol. The Hall–Kier alpha value is 0.540. The number of carbonyl (C=O) groups is 1. The van der Waals surface area contributed by atoms with Crippen molar-refractivity contribution in [1.29, 1.82) is 0 Å². The molecule has 10 heavy (non-hydrogen) atoms. The summed E-state index contributed by atoms with van der Waals surface area (Å²) < 4.78 is -1.22. The Morgan fingerprint density at radius 1 is 1.50 bits per heavy atom. The van der Waals surface area contributed by atoms with Crippen molar-refractivity contribution in [1.82, 2.24) is 0 Å². The molecule has 1 fully saturated rings. The van der Waals surface area contributed by atoms with E-state index in [0.717, 1.165) is 0 Å². The summed E-state index contributed by atoms with van der Waals surface area (Å²) in [4.78, 5) is 10.9. The Kier molecular flexibility index (Phi) is 2.49. The van der Waals surface area contributed by atoms with E-state index in [2.05, 4.69) is 0 Å². The van der Waals surface area contributed by atoms with Crippen molar-refractivity contribution in [2.45, 2.75) is 29.0 Å². The third-order valence-electron chi connectivity index (χ3n) is 1.57. The zero-order valence-corrected chi connectivity index (χ0v) is 7.51. The lowest BCUT2D eigenvalue weighted by Gasteiger charge is -2.26. The molecule has 0 heterocycles. The molecule has 0 saturated heterocycles. The number of rotatable bonds is 0. The summed E-state index contributed by atoms with van der Waals surface area (Å²) in [6.45, 7) is 0. The number of alkyl halides is 3. The Bertz CT molecular complexity index is 155. The smallest absolute Gasteiger partial charge is 0.177 e. The lowest BCUT2D eigenvalue weighted by atomic mass is 9.98. The molecule has 1 rings (SSSR count). The summed E-state index contributed by atoms with van der Waals surface area (Å²) in [6.07, 6.45) is 1.47. The molecule has 0 aromatic carbocycles. The molecule has 0 aliphatic heterocycles. The van der Waals surface area contributed by atoms with E-state index in [0.29, 0.717) is 19.3 Å². The van der Waals surface area contributed by atoms with Crippen molar-refractivity contribution in [3.05, 3.63) is 0 Å². The van der Waals surface area contributed by atoms with Gasteiger partial charge in [0, 0.05) is 18.2 Å². The summed E-state index contributed by atoms with van der Waals surface area (Å²) in [5, 5.41) is -0.0484. The molecule has 4 heteroatoms. The highest BCUT2D eigenvalue weighted by molar-refractivity contribution is 6.58. The lowest BCUT2D eigenvalue weighted by Crippen LogP contribution is -2.34. The number of ketones is 1. The van der Waals surface area contributed by atoms with E-state index in [1.165, 1.54) is 0 Å². The van der Waals surface area contributed by atoms with Crippen LogP contribution in [0.2, 0.25) is 0 Å². The van der Waals surface area contributed by atoms with Crippen LogP contribution >= 0.6 is 34.8 Å². The summed E-state index contributed by atoms with van der Waals surface area (Å²) in [5.41, 5.74) is 0. The molecule has 0 amide bonds. The van der Waals surface area contributed by atoms with Crippen LogP contribution in [0.4, 0.5) is 0 Å². The molecule has 1 aliphatic carbocycles.